The molecule has 25 heavy (non-hydrogen) atoms. The lowest BCUT2D eigenvalue weighted by Gasteiger charge is -2.39. The molecule has 2 aliphatic rings. The van der Waals surface area contributed by atoms with Crippen LogP contribution in [0.2, 0.25) is 0 Å². The third-order valence-corrected chi connectivity index (χ3v) is 5.86. The number of ether oxygens (including phenoxy) is 2. The fourth-order valence-electron chi connectivity index (χ4n) is 4.65. The van der Waals surface area contributed by atoms with Crippen LogP contribution in [0.1, 0.15) is 22.7 Å². The van der Waals surface area contributed by atoms with Gasteiger partial charge in [0, 0.05) is 29.1 Å². The van der Waals surface area contributed by atoms with Crippen LogP contribution in [0, 0.1) is 0 Å². The highest BCUT2D eigenvalue weighted by Gasteiger charge is 2.37. The van der Waals surface area contributed by atoms with E-state index in [1.807, 2.05) is 0 Å². The highest BCUT2D eigenvalue weighted by atomic mass is 16.5. The van der Waals surface area contributed by atoms with E-state index in [0.717, 1.165) is 30.9 Å². The Hall–Kier alpha value is -2.46. The molecule has 0 radical (unpaired) electrons. The van der Waals surface area contributed by atoms with E-state index >= 15 is 0 Å². The molecule has 3 aromatic rings. The maximum atomic E-state index is 5.83. The Labute approximate surface area is 147 Å². The molecule has 5 rings (SSSR count). The van der Waals surface area contributed by atoms with Crippen LogP contribution in [-0.2, 0) is 12.8 Å². The summed E-state index contributed by atoms with van der Waals surface area (Å²) in [7, 11) is 5.69. The summed E-state index contributed by atoms with van der Waals surface area (Å²) in [5, 5.41) is 1.31. The molecule has 0 fully saturated rings. The number of aromatic nitrogens is 1. The van der Waals surface area contributed by atoms with Gasteiger partial charge in [0.25, 0.3) is 0 Å². The van der Waals surface area contributed by atoms with Gasteiger partial charge in [-0.25, -0.2) is 0 Å². The molecule has 0 saturated heterocycles. The molecule has 4 nitrogen and oxygen atoms in total. The number of hydrogen-bond acceptors (Lipinski definition) is 3. The summed E-state index contributed by atoms with van der Waals surface area (Å²) in [6, 6.07) is 11.1. The van der Waals surface area contributed by atoms with Crippen molar-refractivity contribution in [2.24, 2.45) is 0 Å². The van der Waals surface area contributed by atoms with Gasteiger partial charge in [-0.1, -0.05) is 18.2 Å². The molecule has 128 valence electrons. The zero-order chi connectivity index (χ0) is 17.1. The minimum atomic E-state index is 0.394. The third kappa shape index (κ3) is 1.91. The summed E-state index contributed by atoms with van der Waals surface area (Å²) in [5.74, 6) is 1.67. The number of H-pyrrole nitrogens is 1. The molecule has 0 bridgehead atoms. The molecule has 4 heteroatoms. The van der Waals surface area contributed by atoms with Crippen molar-refractivity contribution in [1.29, 1.82) is 0 Å². The fraction of sp³-hybridized carbons (Fsp3) is 0.333. The summed E-state index contributed by atoms with van der Waals surface area (Å²) in [5.41, 5.74) is 7.75. The number of benzene rings is 2. The van der Waals surface area contributed by atoms with Crippen molar-refractivity contribution in [3.63, 3.8) is 0 Å². The highest BCUT2D eigenvalue weighted by Crippen LogP contribution is 2.53. The first-order chi connectivity index (χ1) is 12.2. The van der Waals surface area contributed by atoms with Crippen molar-refractivity contribution in [3.05, 3.63) is 47.0 Å². The van der Waals surface area contributed by atoms with E-state index in [9.17, 15) is 0 Å². The molecular formula is C21H22N2O2. The first-order valence-corrected chi connectivity index (χ1v) is 8.81. The molecule has 1 atom stereocenters. The molecule has 1 aliphatic heterocycles. The van der Waals surface area contributed by atoms with Crippen LogP contribution in [-0.4, -0.2) is 37.7 Å². The monoisotopic (exact) mass is 334 g/mol. The third-order valence-electron chi connectivity index (χ3n) is 5.86. The predicted octanol–water partition coefficient (Wildman–Crippen LogP) is 3.94. The second-order valence-corrected chi connectivity index (χ2v) is 7.03. The normalized spacial score (nSPS) is 18.8. The summed E-state index contributed by atoms with van der Waals surface area (Å²) >= 11 is 0. The van der Waals surface area contributed by atoms with Gasteiger partial charge in [0.05, 0.1) is 19.9 Å². The van der Waals surface area contributed by atoms with Gasteiger partial charge in [-0.3, -0.25) is 4.90 Å². The van der Waals surface area contributed by atoms with Crippen LogP contribution in [0.3, 0.4) is 0 Å². The lowest BCUT2D eigenvalue weighted by molar-refractivity contribution is 0.227. The number of aromatic amines is 1. The number of hydrogen-bond donors (Lipinski definition) is 1. The van der Waals surface area contributed by atoms with Crippen LogP contribution in [0.25, 0.3) is 22.2 Å². The molecule has 1 N–H and O–H groups in total. The van der Waals surface area contributed by atoms with Gasteiger partial charge < -0.3 is 14.5 Å². The SMILES string of the molecule is COc1cc2c3c(c1OC)-c1[nH]c4ccccc4c1CC3N(C)CC2. The molecular weight excluding hydrogens is 312 g/mol. The number of nitrogens with zero attached hydrogens (tertiary/aromatic N) is 1. The lowest BCUT2D eigenvalue weighted by atomic mass is 9.78. The van der Waals surface area contributed by atoms with Gasteiger partial charge in [0.15, 0.2) is 11.5 Å². The molecule has 0 amide bonds. The summed E-state index contributed by atoms with van der Waals surface area (Å²) < 4.78 is 11.5. The van der Waals surface area contributed by atoms with E-state index in [1.165, 1.54) is 38.9 Å². The van der Waals surface area contributed by atoms with Crippen LogP contribution in [0.15, 0.2) is 30.3 Å². The van der Waals surface area contributed by atoms with Crippen LogP contribution < -0.4 is 9.47 Å². The minimum Gasteiger partial charge on any atom is -0.493 e. The molecule has 1 unspecified atom stereocenters. The Morgan fingerprint density at radius 1 is 1.16 bits per heavy atom. The van der Waals surface area contributed by atoms with Gasteiger partial charge >= 0.3 is 0 Å². The first kappa shape index (κ1) is 14.8. The zero-order valence-corrected chi connectivity index (χ0v) is 14.8. The Morgan fingerprint density at radius 3 is 2.80 bits per heavy atom. The Bertz CT molecular complexity index is 989. The number of fused-ring (bicyclic) bond motifs is 4. The maximum absolute atomic E-state index is 5.83. The standard InChI is InChI=1S/C21H22N2O2/c1-23-9-8-12-10-17(24-2)21(25-3)19-18(12)16(23)11-14-13-6-4-5-7-15(13)22-20(14)19/h4-7,10,16,22H,8-9,11H2,1-3H3. The van der Waals surface area contributed by atoms with Crippen molar-refractivity contribution in [2.45, 2.75) is 18.9 Å². The van der Waals surface area contributed by atoms with Crippen molar-refractivity contribution in [2.75, 3.05) is 27.8 Å². The van der Waals surface area contributed by atoms with Crippen molar-refractivity contribution in [1.82, 2.24) is 9.88 Å². The largest absolute Gasteiger partial charge is 0.493 e. The second kappa shape index (κ2) is 5.27. The van der Waals surface area contributed by atoms with Gasteiger partial charge in [-0.2, -0.15) is 0 Å². The van der Waals surface area contributed by atoms with Crippen molar-refractivity contribution < 1.29 is 9.47 Å². The summed E-state index contributed by atoms with van der Waals surface area (Å²) in [4.78, 5) is 6.13. The van der Waals surface area contributed by atoms with E-state index in [0.29, 0.717) is 6.04 Å². The molecule has 0 saturated carbocycles. The van der Waals surface area contributed by atoms with Crippen molar-refractivity contribution >= 4 is 10.9 Å². The van der Waals surface area contributed by atoms with E-state index in [2.05, 4.69) is 47.3 Å². The molecule has 2 heterocycles. The van der Waals surface area contributed by atoms with Crippen LogP contribution >= 0.6 is 0 Å². The fourth-order valence-corrected chi connectivity index (χ4v) is 4.65. The van der Waals surface area contributed by atoms with E-state index in [1.54, 1.807) is 14.2 Å². The van der Waals surface area contributed by atoms with Gasteiger partial charge in [-0.15, -0.1) is 0 Å². The number of rotatable bonds is 2. The zero-order valence-electron chi connectivity index (χ0n) is 14.8. The molecule has 2 aromatic carbocycles. The number of methoxy groups -OCH3 is 2. The Balaban J connectivity index is 1.91. The quantitative estimate of drug-likeness (QED) is 0.771. The van der Waals surface area contributed by atoms with E-state index in [-0.39, 0.29) is 0 Å². The average molecular weight is 334 g/mol. The predicted molar refractivity (Wildman–Crippen MR) is 99.6 cm³/mol. The van der Waals surface area contributed by atoms with E-state index in [4.69, 9.17) is 9.47 Å². The summed E-state index contributed by atoms with van der Waals surface area (Å²) in [6.45, 7) is 1.07. The molecule has 1 aliphatic carbocycles. The van der Waals surface area contributed by atoms with Gasteiger partial charge in [0.1, 0.15) is 0 Å². The topological polar surface area (TPSA) is 37.5 Å². The molecule has 0 spiro atoms. The first-order valence-electron chi connectivity index (χ1n) is 8.81. The Kier molecular flexibility index (Phi) is 3.13. The average Bonchev–Trinajstić information content (AvgIpc) is 3.02. The smallest absolute Gasteiger partial charge is 0.170 e. The van der Waals surface area contributed by atoms with E-state index < -0.39 is 0 Å². The molecule has 1 aromatic heterocycles. The lowest BCUT2D eigenvalue weighted by Crippen LogP contribution is -2.35. The summed E-state index contributed by atoms with van der Waals surface area (Å²) in [6.07, 6.45) is 2.08. The number of nitrogens with one attached hydrogen (secondary N) is 1. The number of likely N-dealkylation sites (N-methyl/N-ethyl adjacent to an activating group) is 1. The van der Waals surface area contributed by atoms with Crippen molar-refractivity contribution in [3.8, 4) is 22.8 Å². The Morgan fingerprint density at radius 2 is 2.00 bits per heavy atom. The van der Waals surface area contributed by atoms with Gasteiger partial charge in [-0.05, 0) is 48.7 Å². The highest BCUT2D eigenvalue weighted by molar-refractivity contribution is 5.95. The van der Waals surface area contributed by atoms with Crippen LogP contribution in [0.5, 0.6) is 11.5 Å². The minimum absolute atomic E-state index is 0.394. The number of para-hydroxylation sites is 1. The maximum Gasteiger partial charge on any atom is 0.170 e. The second-order valence-electron chi connectivity index (χ2n) is 7.03. The van der Waals surface area contributed by atoms with Gasteiger partial charge in [0.2, 0.25) is 0 Å². The van der Waals surface area contributed by atoms with Crippen LogP contribution in [0.4, 0.5) is 0 Å².